The van der Waals surface area contributed by atoms with Gasteiger partial charge < -0.3 is 5.11 Å². The lowest BCUT2D eigenvalue weighted by Crippen LogP contribution is -2.39. The number of aryl methyl sites for hydroxylation is 2. The summed E-state index contributed by atoms with van der Waals surface area (Å²) in [6.07, 6.45) is 3.84. The van der Waals surface area contributed by atoms with Crippen molar-refractivity contribution >= 4 is 34.7 Å². The van der Waals surface area contributed by atoms with Crippen molar-refractivity contribution in [1.29, 1.82) is 0 Å². The first kappa shape index (κ1) is 23.5. The van der Waals surface area contributed by atoms with Crippen molar-refractivity contribution in [3.8, 4) is 11.6 Å². The third-order valence-corrected chi connectivity index (χ3v) is 6.37. The molecule has 8 heteroatoms. The third-order valence-electron chi connectivity index (χ3n) is 6.13. The minimum absolute atomic E-state index is 0.0555. The lowest BCUT2D eigenvalue weighted by Gasteiger charge is -2.15. The van der Waals surface area contributed by atoms with Gasteiger partial charge in [-0.15, -0.1) is 0 Å². The van der Waals surface area contributed by atoms with Gasteiger partial charge in [-0.2, -0.15) is 9.67 Å². The van der Waals surface area contributed by atoms with Crippen molar-refractivity contribution in [3.05, 3.63) is 107 Å². The first-order valence-electron chi connectivity index (χ1n) is 11.6. The molecular formula is C28H23ClN4O3. The van der Waals surface area contributed by atoms with Gasteiger partial charge in [0.2, 0.25) is 0 Å². The normalized spacial score (nSPS) is 13.7. The van der Waals surface area contributed by atoms with E-state index >= 15 is 0 Å². The lowest BCUT2D eigenvalue weighted by atomic mass is 10.0. The molecule has 4 aromatic rings. The molecular weight excluding hydrogens is 476 g/mol. The number of hydrogen-bond donors (Lipinski definition) is 0. The third kappa shape index (κ3) is 4.07. The fourth-order valence-electron chi connectivity index (χ4n) is 4.31. The molecule has 0 saturated carbocycles. The molecule has 7 nitrogen and oxygen atoms in total. The molecule has 3 heterocycles. The van der Waals surface area contributed by atoms with Crippen LogP contribution < -0.4 is 9.67 Å². The second kappa shape index (κ2) is 9.43. The molecule has 2 amide bonds. The van der Waals surface area contributed by atoms with Crippen LogP contribution in [0.15, 0.2) is 79.1 Å². The first-order valence-corrected chi connectivity index (χ1v) is 11.9. The van der Waals surface area contributed by atoms with Crippen molar-refractivity contribution < 1.29 is 19.3 Å². The molecule has 0 bridgehead atoms. The molecule has 0 saturated heterocycles. The quantitative estimate of drug-likeness (QED) is 0.300. The fourth-order valence-corrected chi connectivity index (χ4v) is 4.50. The summed E-state index contributed by atoms with van der Waals surface area (Å²) in [6.45, 7) is 3.88. The monoisotopic (exact) mass is 498 g/mol. The highest BCUT2D eigenvalue weighted by atomic mass is 35.5. The summed E-state index contributed by atoms with van der Waals surface area (Å²) in [5.74, 6) is -1.47. The Morgan fingerprint density at radius 1 is 0.972 bits per heavy atom. The summed E-state index contributed by atoms with van der Waals surface area (Å²) in [7, 11) is 0. The molecule has 5 rings (SSSR count). The van der Waals surface area contributed by atoms with Gasteiger partial charge in [0.05, 0.1) is 17.9 Å². The molecule has 0 aliphatic carbocycles. The number of hydrogen-bond acceptors (Lipinski definition) is 4. The van der Waals surface area contributed by atoms with Crippen LogP contribution in [-0.4, -0.2) is 26.5 Å². The Bertz CT molecular complexity index is 1510. The van der Waals surface area contributed by atoms with E-state index in [1.165, 1.54) is 9.58 Å². The molecule has 0 N–H and O–H groups in total. The summed E-state index contributed by atoms with van der Waals surface area (Å²) >= 11 is 6.15. The van der Waals surface area contributed by atoms with Gasteiger partial charge in [0.25, 0.3) is 11.6 Å². The van der Waals surface area contributed by atoms with E-state index in [0.717, 1.165) is 11.1 Å². The van der Waals surface area contributed by atoms with Crippen LogP contribution in [0.3, 0.4) is 0 Å². The summed E-state index contributed by atoms with van der Waals surface area (Å²) in [5.41, 5.74) is 3.04. The van der Waals surface area contributed by atoms with Gasteiger partial charge in [-0.3, -0.25) is 14.5 Å². The van der Waals surface area contributed by atoms with Crippen LogP contribution >= 0.6 is 11.6 Å². The molecule has 0 fully saturated rings. The zero-order valence-electron chi connectivity index (χ0n) is 19.8. The van der Waals surface area contributed by atoms with Crippen LogP contribution in [0.5, 0.6) is 5.88 Å². The van der Waals surface area contributed by atoms with E-state index in [4.69, 9.17) is 11.6 Å². The van der Waals surface area contributed by atoms with Crippen LogP contribution in [0.2, 0.25) is 5.02 Å². The first-order chi connectivity index (χ1) is 17.4. The minimum Gasteiger partial charge on any atom is -0.858 e. The van der Waals surface area contributed by atoms with Gasteiger partial charge in [-0.05, 0) is 48.6 Å². The van der Waals surface area contributed by atoms with Crippen molar-refractivity contribution in [2.45, 2.75) is 26.8 Å². The van der Waals surface area contributed by atoms with Crippen LogP contribution in [0, 0.1) is 6.92 Å². The number of benzene rings is 2. The average Bonchev–Trinajstić information content (AvgIpc) is 3.33. The van der Waals surface area contributed by atoms with E-state index in [1.807, 2.05) is 56.3 Å². The summed E-state index contributed by atoms with van der Waals surface area (Å²) in [4.78, 5) is 28.7. The summed E-state index contributed by atoms with van der Waals surface area (Å²) < 4.78 is 2.84. The molecule has 0 unspecified atom stereocenters. The fraction of sp³-hybridized carbons (Fsp3) is 0.143. The zero-order chi connectivity index (χ0) is 25.4. The highest BCUT2D eigenvalue weighted by Gasteiger charge is 2.46. The highest BCUT2D eigenvalue weighted by molar-refractivity contribution is 6.44. The molecule has 36 heavy (non-hydrogen) atoms. The van der Waals surface area contributed by atoms with E-state index < -0.39 is 17.7 Å². The van der Waals surface area contributed by atoms with Gasteiger partial charge in [0.1, 0.15) is 5.57 Å². The van der Waals surface area contributed by atoms with E-state index in [-0.39, 0.29) is 23.4 Å². The summed E-state index contributed by atoms with van der Waals surface area (Å²) in [6, 6.07) is 19.7. The van der Waals surface area contributed by atoms with E-state index in [2.05, 4.69) is 5.10 Å². The molecule has 2 aromatic carbocycles. The molecule has 0 spiro atoms. The maximum atomic E-state index is 13.8. The number of nitrogens with zero attached hydrogens (tertiary/aromatic N) is 4. The Morgan fingerprint density at radius 3 is 2.36 bits per heavy atom. The smallest absolute Gasteiger partial charge is 0.327 e. The minimum atomic E-state index is -0.524. The number of halogens is 1. The molecule has 0 radical (unpaired) electrons. The Morgan fingerprint density at radius 2 is 1.69 bits per heavy atom. The SMILES string of the molecule is CCc1nn(-c2cccc(Cl)c2)c([O-])c1C1=C([n+]2ccc(C)cc2)C(=O)N(Cc2ccccc2)C1=O. The average molecular weight is 499 g/mol. The van der Waals surface area contributed by atoms with Crippen LogP contribution in [0.25, 0.3) is 17.0 Å². The molecule has 0 atom stereocenters. The zero-order valence-corrected chi connectivity index (χ0v) is 20.6. The second-order valence-electron chi connectivity index (χ2n) is 8.56. The predicted octanol–water partition coefficient (Wildman–Crippen LogP) is 3.69. The van der Waals surface area contributed by atoms with Gasteiger partial charge in [0.15, 0.2) is 12.4 Å². The highest BCUT2D eigenvalue weighted by Crippen LogP contribution is 2.37. The Hall–Kier alpha value is -4.23. The number of aromatic nitrogens is 3. The van der Waals surface area contributed by atoms with Crippen LogP contribution in [0.1, 0.15) is 29.3 Å². The molecule has 1 aliphatic rings. The topological polar surface area (TPSA) is 82.1 Å². The Kier molecular flexibility index (Phi) is 6.16. The number of carbonyl (C=O) groups is 2. The maximum absolute atomic E-state index is 13.8. The van der Waals surface area contributed by atoms with Crippen molar-refractivity contribution in [1.82, 2.24) is 14.7 Å². The summed E-state index contributed by atoms with van der Waals surface area (Å²) in [5, 5.41) is 18.7. The van der Waals surface area contributed by atoms with E-state index in [9.17, 15) is 14.7 Å². The van der Waals surface area contributed by atoms with Crippen LogP contribution in [0.4, 0.5) is 0 Å². The van der Waals surface area contributed by atoms with Gasteiger partial charge >= 0.3 is 5.91 Å². The number of rotatable bonds is 6. The van der Waals surface area contributed by atoms with Crippen molar-refractivity contribution in [2.24, 2.45) is 0 Å². The van der Waals surface area contributed by atoms with E-state index in [0.29, 0.717) is 22.8 Å². The second-order valence-corrected chi connectivity index (χ2v) is 9.00. The molecule has 2 aromatic heterocycles. The van der Waals surface area contributed by atoms with Gasteiger partial charge in [-0.25, -0.2) is 4.68 Å². The predicted molar refractivity (Wildman–Crippen MR) is 134 cm³/mol. The van der Waals surface area contributed by atoms with Crippen LogP contribution in [-0.2, 0) is 22.6 Å². The van der Waals surface area contributed by atoms with Gasteiger partial charge in [0, 0.05) is 22.7 Å². The maximum Gasteiger partial charge on any atom is 0.327 e. The number of amides is 2. The number of carbonyl (C=O) groups excluding carboxylic acids is 2. The molecule has 180 valence electrons. The van der Waals surface area contributed by atoms with Crippen molar-refractivity contribution in [2.75, 3.05) is 0 Å². The Labute approximate surface area is 213 Å². The Balaban J connectivity index is 1.71. The standard InChI is InChI=1S/C28H23ClN4O3/c1-3-22-23(27(35)33(30-22)21-11-7-10-20(29)16-21)24-25(31-14-12-18(2)13-15-31)28(36)32(26(24)34)17-19-8-5-4-6-9-19/h4-16H,3,17H2,1-2H3. The largest absolute Gasteiger partial charge is 0.858 e. The lowest BCUT2D eigenvalue weighted by molar-refractivity contribution is -0.577. The van der Waals surface area contributed by atoms with Gasteiger partial charge in [-0.1, -0.05) is 54.9 Å². The molecule has 1 aliphatic heterocycles. The van der Waals surface area contributed by atoms with Crippen molar-refractivity contribution in [3.63, 3.8) is 0 Å². The number of pyridine rings is 1. The van der Waals surface area contributed by atoms with E-state index in [1.54, 1.807) is 41.2 Å². The number of imide groups is 1.